The summed E-state index contributed by atoms with van der Waals surface area (Å²) < 4.78 is 0. The highest BCUT2D eigenvalue weighted by molar-refractivity contribution is 8.77. The first-order chi connectivity index (χ1) is 11.3. The van der Waals surface area contributed by atoms with Crippen LogP contribution in [0.5, 0.6) is 0 Å². The summed E-state index contributed by atoms with van der Waals surface area (Å²) in [5.74, 6) is 1.24. The van der Waals surface area contributed by atoms with Crippen LogP contribution in [0.4, 0.5) is 0 Å². The van der Waals surface area contributed by atoms with E-state index in [1.54, 1.807) is 12.1 Å². The molecule has 1 aromatic rings. The van der Waals surface area contributed by atoms with Crippen LogP contribution in [0.2, 0.25) is 0 Å². The van der Waals surface area contributed by atoms with Crippen LogP contribution in [0.1, 0.15) is 42.5 Å². The van der Waals surface area contributed by atoms with E-state index in [1.165, 1.54) is 18.6 Å². The summed E-state index contributed by atoms with van der Waals surface area (Å²) in [6.07, 6.45) is 5.18. The Labute approximate surface area is 146 Å². The molecule has 1 saturated heterocycles. The average Bonchev–Trinajstić information content (AvgIpc) is 3.09. The monoisotopic (exact) mass is 352 g/mol. The zero-order chi connectivity index (χ0) is 16.3. The Morgan fingerprint density at radius 3 is 2.61 bits per heavy atom. The van der Waals surface area contributed by atoms with Crippen molar-refractivity contribution in [3.63, 3.8) is 0 Å². The van der Waals surface area contributed by atoms with Crippen LogP contribution in [0.15, 0.2) is 30.3 Å². The molecule has 1 atom stereocenters. The molecule has 0 saturated carbocycles. The molecule has 2 amide bonds. The van der Waals surface area contributed by atoms with E-state index in [1.807, 2.05) is 39.8 Å². The third kappa shape index (κ3) is 7.31. The minimum absolute atomic E-state index is 0.0763. The van der Waals surface area contributed by atoms with Crippen LogP contribution in [0.3, 0.4) is 0 Å². The molecule has 6 heteroatoms. The second kappa shape index (κ2) is 10.6. The first-order valence-electron chi connectivity index (χ1n) is 8.14. The molecule has 1 aliphatic heterocycles. The number of rotatable bonds is 9. The third-order valence-electron chi connectivity index (χ3n) is 3.68. The second-order valence-electron chi connectivity index (χ2n) is 5.55. The van der Waals surface area contributed by atoms with Gasteiger partial charge in [-0.15, -0.1) is 0 Å². The smallest absolute Gasteiger partial charge is 0.251 e. The highest BCUT2D eigenvalue weighted by atomic mass is 33.1. The maximum Gasteiger partial charge on any atom is 0.251 e. The Bertz CT molecular complexity index is 491. The van der Waals surface area contributed by atoms with Crippen LogP contribution in [0, 0.1) is 0 Å². The van der Waals surface area contributed by atoms with Gasteiger partial charge in [0.2, 0.25) is 5.91 Å². The maximum atomic E-state index is 11.8. The van der Waals surface area contributed by atoms with Gasteiger partial charge in [0.15, 0.2) is 0 Å². The number of carbonyl (C=O) groups is 2. The van der Waals surface area contributed by atoms with Gasteiger partial charge in [-0.05, 0) is 31.4 Å². The maximum absolute atomic E-state index is 11.8. The van der Waals surface area contributed by atoms with Gasteiger partial charge >= 0.3 is 0 Å². The fraction of sp³-hybridized carbons (Fsp3) is 0.529. The zero-order valence-electron chi connectivity index (χ0n) is 13.3. The van der Waals surface area contributed by atoms with Gasteiger partial charge in [0.25, 0.3) is 5.91 Å². The normalized spacial score (nSPS) is 17.0. The molecule has 0 aromatic heterocycles. The summed E-state index contributed by atoms with van der Waals surface area (Å²) in [6.45, 7) is 0.932. The fourth-order valence-corrected chi connectivity index (χ4v) is 5.41. The number of carbonyl (C=O) groups excluding carboxylic acids is 2. The Balaban J connectivity index is 1.47. The van der Waals surface area contributed by atoms with E-state index >= 15 is 0 Å². The Kier molecular flexibility index (Phi) is 8.39. The number of benzene rings is 1. The van der Waals surface area contributed by atoms with Gasteiger partial charge in [-0.1, -0.05) is 46.2 Å². The molecule has 1 unspecified atom stereocenters. The van der Waals surface area contributed by atoms with Crippen molar-refractivity contribution >= 4 is 33.4 Å². The van der Waals surface area contributed by atoms with Crippen molar-refractivity contribution in [2.24, 2.45) is 0 Å². The van der Waals surface area contributed by atoms with Gasteiger partial charge in [-0.3, -0.25) is 9.59 Å². The van der Waals surface area contributed by atoms with Crippen LogP contribution >= 0.6 is 21.6 Å². The molecule has 2 N–H and O–H groups in total. The number of unbranched alkanes of at least 4 members (excludes halogenated alkanes) is 1. The lowest BCUT2D eigenvalue weighted by molar-refractivity contribution is -0.121. The number of amides is 2. The van der Waals surface area contributed by atoms with Crippen molar-refractivity contribution in [1.29, 1.82) is 0 Å². The molecule has 4 nitrogen and oxygen atoms in total. The Morgan fingerprint density at radius 2 is 1.87 bits per heavy atom. The molecule has 126 valence electrons. The van der Waals surface area contributed by atoms with Crippen molar-refractivity contribution in [2.75, 3.05) is 18.8 Å². The van der Waals surface area contributed by atoms with E-state index < -0.39 is 0 Å². The van der Waals surface area contributed by atoms with Gasteiger partial charge in [0.1, 0.15) is 0 Å². The van der Waals surface area contributed by atoms with Crippen molar-refractivity contribution < 1.29 is 9.59 Å². The largest absolute Gasteiger partial charge is 0.354 e. The Morgan fingerprint density at radius 1 is 1.09 bits per heavy atom. The number of hydrogen-bond acceptors (Lipinski definition) is 4. The summed E-state index contributed by atoms with van der Waals surface area (Å²) in [6, 6.07) is 9.09. The van der Waals surface area contributed by atoms with Crippen molar-refractivity contribution in [3.05, 3.63) is 35.9 Å². The standard InChI is InChI=1S/C17H24N2O2S2/c20-16(9-5-4-8-15-10-13-22-23-15)18-11-12-19-17(21)14-6-2-1-3-7-14/h1-3,6-7,15H,4-5,8-13H2,(H,18,20)(H,19,21). The molecular weight excluding hydrogens is 328 g/mol. The first kappa shape index (κ1) is 18.2. The molecule has 1 aromatic carbocycles. The lowest BCUT2D eigenvalue weighted by Crippen LogP contribution is -2.34. The van der Waals surface area contributed by atoms with Gasteiger partial charge in [0, 0.05) is 36.1 Å². The van der Waals surface area contributed by atoms with E-state index in [9.17, 15) is 9.59 Å². The number of nitrogens with one attached hydrogen (secondary N) is 2. The lowest BCUT2D eigenvalue weighted by Gasteiger charge is -2.08. The highest BCUT2D eigenvalue weighted by Crippen LogP contribution is 2.39. The van der Waals surface area contributed by atoms with Crippen LogP contribution in [-0.4, -0.2) is 35.9 Å². The van der Waals surface area contributed by atoms with E-state index in [2.05, 4.69) is 10.6 Å². The Hall–Kier alpha value is -1.14. The quantitative estimate of drug-likeness (QED) is 0.529. The summed E-state index contributed by atoms with van der Waals surface area (Å²) >= 11 is 0. The van der Waals surface area contributed by atoms with Gasteiger partial charge in [0.05, 0.1) is 0 Å². The van der Waals surface area contributed by atoms with Gasteiger partial charge in [-0.2, -0.15) is 0 Å². The van der Waals surface area contributed by atoms with Crippen molar-refractivity contribution in [2.45, 2.75) is 37.4 Å². The molecule has 0 radical (unpaired) electrons. The van der Waals surface area contributed by atoms with E-state index in [4.69, 9.17) is 0 Å². The molecule has 1 heterocycles. The highest BCUT2D eigenvalue weighted by Gasteiger charge is 2.15. The molecular formula is C17H24N2O2S2. The minimum atomic E-state index is -0.105. The third-order valence-corrected chi connectivity index (χ3v) is 6.68. The molecule has 0 bridgehead atoms. The lowest BCUT2D eigenvalue weighted by atomic mass is 10.1. The van der Waals surface area contributed by atoms with Crippen LogP contribution in [0.25, 0.3) is 0 Å². The summed E-state index contributed by atoms with van der Waals surface area (Å²) in [7, 11) is 3.96. The van der Waals surface area contributed by atoms with Gasteiger partial charge in [-0.25, -0.2) is 0 Å². The van der Waals surface area contributed by atoms with E-state index in [0.29, 0.717) is 25.1 Å². The summed E-state index contributed by atoms with van der Waals surface area (Å²) in [5, 5.41) is 6.44. The SMILES string of the molecule is O=C(CCCCC1CCSS1)NCCNC(=O)c1ccccc1. The zero-order valence-corrected chi connectivity index (χ0v) is 14.9. The summed E-state index contributed by atoms with van der Waals surface area (Å²) in [5.41, 5.74) is 0.641. The molecule has 1 fully saturated rings. The van der Waals surface area contributed by atoms with Crippen molar-refractivity contribution in [1.82, 2.24) is 10.6 Å². The first-order valence-corrected chi connectivity index (χ1v) is 10.5. The second-order valence-corrected chi connectivity index (χ2v) is 8.33. The summed E-state index contributed by atoms with van der Waals surface area (Å²) in [4.78, 5) is 23.5. The van der Waals surface area contributed by atoms with E-state index in [0.717, 1.165) is 18.1 Å². The van der Waals surface area contributed by atoms with Gasteiger partial charge < -0.3 is 10.6 Å². The topological polar surface area (TPSA) is 58.2 Å². The van der Waals surface area contributed by atoms with Crippen LogP contribution in [-0.2, 0) is 4.79 Å². The predicted molar refractivity (Wildman–Crippen MR) is 98.7 cm³/mol. The molecule has 1 aliphatic rings. The van der Waals surface area contributed by atoms with Crippen molar-refractivity contribution in [3.8, 4) is 0 Å². The predicted octanol–water partition coefficient (Wildman–Crippen LogP) is 3.25. The molecule has 0 aliphatic carbocycles. The number of hydrogen-bond donors (Lipinski definition) is 2. The van der Waals surface area contributed by atoms with Crippen LogP contribution < -0.4 is 10.6 Å². The fourth-order valence-electron chi connectivity index (χ4n) is 2.38. The molecule has 2 rings (SSSR count). The molecule has 23 heavy (non-hydrogen) atoms. The average molecular weight is 353 g/mol. The van der Waals surface area contributed by atoms with E-state index in [-0.39, 0.29) is 11.8 Å². The minimum Gasteiger partial charge on any atom is -0.354 e. The molecule has 0 spiro atoms.